The van der Waals surface area contributed by atoms with Crippen LogP contribution in [0.5, 0.6) is 0 Å². The van der Waals surface area contributed by atoms with E-state index >= 15 is 0 Å². The number of nitrogens with two attached hydrogens (primary N) is 1. The Hall–Kier alpha value is -1.36. The molecule has 0 saturated heterocycles. The van der Waals surface area contributed by atoms with Crippen molar-refractivity contribution in [3.63, 3.8) is 0 Å². The maximum Gasteiger partial charge on any atom is 0.224 e. The van der Waals surface area contributed by atoms with E-state index < -0.39 is 0 Å². The molecule has 0 fully saturated rings. The lowest BCUT2D eigenvalue weighted by Gasteiger charge is -2.23. The molecule has 18 heavy (non-hydrogen) atoms. The van der Waals surface area contributed by atoms with Crippen molar-refractivity contribution in [1.82, 2.24) is 10.2 Å². The van der Waals surface area contributed by atoms with Gasteiger partial charge in [0, 0.05) is 6.42 Å². The third kappa shape index (κ3) is 4.14. The Morgan fingerprint density at radius 3 is 2.56 bits per heavy atom. The molecule has 0 radical (unpaired) electrons. The Balaban J connectivity index is 2.48. The minimum Gasteiger partial charge on any atom is -0.330 e. The van der Waals surface area contributed by atoms with Crippen molar-refractivity contribution in [2.24, 2.45) is 11.1 Å². The number of carbonyl (C=O) groups is 1. The molecule has 1 heterocycles. The fourth-order valence-corrected chi connectivity index (χ4v) is 1.90. The Morgan fingerprint density at radius 2 is 2.06 bits per heavy atom. The van der Waals surface area contributed by atoms with Crippen LogP contribution in [0.4, 0.5) is 5.69 Å². The molecule has 5 heteroatoms. The topological polar surface area (TPSA) is 83.8 Å². The second-order valence-electron chi connectivity index (χ2n) is 5.56. The van der Waals surface area contributed by atoms with E-state index in [1.807, 2.05) is 13.8 Å². The number of nitrogens with one attached hydrogen (secondary N) is 2. The molecule has 0 aromatic carbocycles. The standard InChI is InChI=1S/C13H24N4O/c1-9-12(10(2)17-16-9)15-11(18)5-6-13(3,4)7-8-14/h5-8,14H2,1-4H3,(H,15,18)(H,16,17). The van der Waals surface area contributed by atoms with Gasteiger partial charge in [-0.3, -0.25) is 9.89 Å². The van der Waals surface area contributed by atoms with Gasteiger partial charge in [-0.2, -0.15) is 5.10 Å². The molecule has 0 bridgehead atoms. The largest absolute Gasteiger partial charge is 0.330 e. The van der Waals surface area contributed by atoms with Crippen LogP contribution >= 0.6 is 0 Å². The Bertz CT molecular complexity index is 390. The molecule has 1 aromatic rings. The summed E-state index contributed by atoms with van der Waals surface area (Å²) in [5.74, 6) is 0.0349. The molecule has 5 nitrogen and oxygen atoms in total. The van der Waals surface area contributed by atoms with Crippen LogP contribution in [0.15, 0.2) is 0 Å². The van der Waals surface area contributed by atoms with Gasteiger partial charge in [-0.1, -0.05) is 13.8 Å². The SMILES string of the molecule is Cc1n[nH]c(C)c1NC(=O)CCC(C)(C)CCN. The van der Waals surface area contributed by atoms with Crippen molar-refractivity contribution in [2.75, 3.05) is 11.9 Å². The number of hydrogen-bond acceptors (Lipinski definition) is 3. The van der Waals surface area contributed by atoms with Gasteiger partial charge in [0.1, 0.15) is 0 Å². The normalized spacial score (nSPS) is 11.6. The molecule has 0 aliphatic rings. The molecule has 4 N–H and O–H groups in total. The first-order valence-corrected chi connectivity index (χ1v) is 6.37. The summed E-state index contributed by atoms with van der Waals surface area (Å²) in [4.78, 5) is 11.9. The van der Waals surface area contributed by atoms with Crippen LogP contribution in [0, 0.1) is 19.3 Å². The third-order valence-electron chi connectivity index (χ3n) is 3.24. The van der Waals surface area contributed by atoms with Gasteiger partial charge in [-0.25, -0.2) is 0 Å². The number of nitrogens with zero attached hydrogens (tertiary/aromatic N) is 1. The highest BCUT2D eigenvalue weighted by atomic mass is 16.1. The van der Waals surface area contributed by atoms with Gasteiger partial charge in [-0.15, -0.1) is 0 Å². The smallest absolute Gasteiger partial charge is 0.224 e. The monoisotopic (exact) mass is 252 g/mol. The summed E-state index contributed by atoms with van der Waals surface area (Å²) in [7, 11) is 0. The van der Waals surface area contributed by atoms with Crippen molar-refractivity contribution in [1.29, 1.82) is 0 Å². The minimum atomic E-state index is 0.0349. The third-order valence-corrected chi connectivity index (χ3v) is 3.24. The van der Waals surface area contributed by atoms with Crippen LogP contribution in [0.25, 0.3) is 0 Å². The lowest BCUT2D eigenvalue weighted by molar-refractivity contribution is -0.116. The zero-order valence-corrected chi connectivity index (χ0v) is 11.8. The first kappa shape index (κ1) is 14.7. The number of carbonyl (C=O) groups excluding carboxylic acids is 1. The van der Waals surface area contributed by atoms with E-state index in [4.69, 9.17) is 5.73 Å². The second-order valence-corrected chi connectivity index (χ2v) is 5.56. The number of amides is 1. The Kier molecular flexibility index (Phi) is 4.90. The molecule has 1 aromatic heterocycles. The predicted molar refractivity (Wildman–Crippen MR) is 73.4 cm³/mol. The Labute approximate surface area is 109 Å². The van der Waals surface area contributed by atoms with Crippen molar-refractivity contribution in [3.05, 3.63) is 11.4 Å². The fraction of sp³-hybridized carbons (Fsp3) is 0.692. The number of rotatable bonds is 6. The van der Waals surface area contributed by atoms with E-state index in [0.717, 1.165) is 29.9 Å². The van der Waals surface area contributed by atoms with Crippen LogP contribution in [0.3, 0.4) is 0 Å². The second kappa shape index (κ2) is 6.00. The van der Waals surface area contributed by atoms with E-state index in [0.29, 0.717) is 13.0 Å². The number of H-pyrrole nitrogens is 1. The van der Waals surface area contributed by atoms with Crippen molar-refractivity contribution in [2.45, 2.75) is 47.0 Å². The number of aryl methyl sites for hydroxylation is 2. The summed E-state index contributed by atoms with van der Waals surface area (Å²) in [6, 6.07) is 0. The van der Waals surface area contributed by atoms with Crippen LogP contribution < -0.4 is 11.1 Å². The number of anilines is 1. The van der Waals surface area contributed by atoms with Crippen LogP contribution in [0.2, 0.25) is 0 Å². The molecule has 1 amide bonds. The van der Waals surface area contributed by atoms with Gasteiger partial charge in [0.25, 0.3) is 0 Å². The average molecular weight is 252 g/mol. The van der Waals surface area contributed by atoms with Crippen molar-refractivity contribution in [3.8, 4) is 0 Å². The average Bonchev–Trinajstić information content (AvgIpc) is 2.58. The molecule has 0 aliphatic carbocycles. The quantitative estimate of drug-likeness (QED) is 0.725. The van der Waals surface area contributed by atoms with Gasteiger partial charge < -0.3 is 11.1 Å². The zero-order valence-electron chi connectivity index (χ0n) is 11.8. The van der Waals surface area contributed by atoms with Crippen molar-refractivity contribution < 1.29 is 4.79 Å². The highest BCUT2D eigenvalue weighted by Crippen LogP contribution is 2.26. The summed E-state index contributed by atoms with van der Waals surface area (Å²) < 4.78 is 0. The summed E-state index contributed by atoms with van der Waals surface area (Å²) in [6.45, 7) is 8.71. The lowest BCUT2D eigenvalue weighted by atomic mass is 9.84. The highest BCUT2D eigenvalue weighted by Gasteiger charge is 2.19. The molecule has 0 aliphatic heterocycles. The highest BCUT2D eigenvalue weighted by molar-refractivity contribution is 5.91. The number of aromatic amines is 1. The predicted octanol–water partition coefficient (Wildman–Crippen LogP) is 2.12. The van der Waals surface area contributed by atoms with E-state index in [-0.39, 0.29) is 11.3 Å². The van der Waals surface area contributed by atoms with Crippen LogP contribution in [-0.2, 0) is 4.79 Å². The summed E-state index contributed by atoms with van der Waals surface area (Å²) in [6.07, 6.45) is 2.28. The molecular weight excluding hydrogens is 228 g/mol. The van der Waals surface area contributed by atoms with E-state index in [9.17, 15) is 4.79 Å². The van der Waals surface area contributed by atoms with Crippen LogP contribution in [0.1, 0.15) is 44.5 Å². The van der Waals surface area contributed by atoms with E-state index in [2.05, 4.69) is 29.4 Å². The molecule has 0 unspecified atom stereocenters. The maximum absolute atomic E-state index is 11.9. The molecule has 0 atom stereocenters. The first-order chi connectivity index (χ1) is 8.35. The van der Waals surface area contributed by atoms with E-state index in [1.165, 1.54) is 0 Å². The summed E-state index contributed by atoms with van der Waals surface area (Å²) in [5, 5.41) is 9.81. The molecule has 0 spiro atoms. The summed E-state index contributed by atoms with van der Waals surface area (Å²) in [5.41, 5.74) is 8.19. The fourth-order valence-electron chi connectivity index (χ4n) is 1.90. The van der Waals surface area contributed by atoms with Gasteiger partial charge in [-0.05, 0) is 38.6 Å². The lowest BCUT2D eigenvalue weighted by Crippen LogP contribution is -2.21. The van der Waals surface area contributed by atoms with Crippen LogP contribution in [-0.4, -0.2) is 22.6 Å². The first-order valence-electron chi connectivity index (χ1n) is 6.37. The molecule has 102 valence electrons. The molecular formula is C13H24N4O. The number of hydrogen-bond donors (Lipinski definition) is 3. The van der Waals surface area contributed by atoms with Crippen molar-refractivity contribution >= 4 is 11.6 Å². The van der Waals surface area contributed by atoms with Gasteiger partial charge in [0.05, 0.1) is 17.1 Å². The number of aromatic nitrogens is 2. The Morgan fingerprint density at radius 1 is 1.39 bits per heavy atom. The van der Waals surface area contributed by atoms with Gasteiger partial charge >= 0.3 is 0 Å². The zero-order chi connectivity index (χ0) is 13.8. The van der Waals surface area contributed by atoms with Gasteiger partial charge in [0.2, 0.25) is 5.91 Å². The van der Waals surface area contributed by atoms with E-state index in [1.54, 1.807) is 0 Å². The van der Waals surface area contributed by atoms with Gasteiger partial charge in [0.15, 0.2) is 0 Å². The minimum absolute atomic E-state index is 0.0349. The molecule has 0 saturated carbocycles. The maximum atomic E-state index is 11.9. The summed E-state index contributed by atoms with van der Waals surface area (Å²) >= 11 is 0. The molecule has 1 rings (SSSR count).